The summed E-state index contributed by atoms with van der Waals surface area (Å²) in [5.74, 6) is -1.72. The van der Waals surface area contributed by atoms with Gasteiger partial charge in [0.1, 0.15) is 16.8 Å². The fraction of sp³-hybridized carbons (Fsp3) is 0.364. The number of carbonyl (C=O) groups is 1. The monoisotopic (exact) mass is 370 g/mol. The number of hydrogen-bond donors (Lipinski definition) is 0. The molecule has 4 nitrogen and oxygen atoms in total. The molecule has 0 atom stereocenters. The summed E-state index contributed by atoms with van der Waals surface area (Å²) < 4.78 is 41.1. The molecule has 0 heterocycles. The lowest BCUT2D eigenvalue weighted by molar-refractivity contribution is 0.00887. The Morgan fingerprint density at radius 3 is 2.53 bits per heavy atom. The second-order valence-electron chi connectivity index (χ2n) is 4.16. The first-order valence-electron chi connectivity index (χ1n) is 5.43. The van der Waals surface area contributed by atoms with Crippen LogP contribution >= 0.6 is 26.6 Å². The van der Waals surface area contributed by atoms with E-state index >= 15 is 0 Å². The normalized spacial score (nSPS) is 15.9. The molecule has 2 rings (SSSR count). The molecule has 1 aliphatic rings. The average Bonchev–Trinajstić information content (AvgIpc) is 2.21. The minimum Gasteiger partial charge on any atom is -0.459 e. The molecule has 1 aromatic carbocycles. The molecule has 0 N–H and O–H groups in total. The van der Waals surface area contributed by atoms with E-state index in [4.69, 9.17) is 15.4 Å². The number of ether oxygens (including phenoxy) is 1. The van der Waals surface area contributed by atoms with Crippen molar-refractivity contribution < 1.29 is 22.3 Å². The van der Waals surface area contributed by atoms with Gasteiger partial charge in [-0.2, -0.15) is 0 Å². The summed E-state index contributed by atoms with van der Waals surface area (Å²) in [5, 5.41) is 0. The van der Waals surface area contributed by atoms with E-state index in [0.29, 0.717) is 0 Å². The first-order valence-corrected chi connectivity index (χ1v) is 8.54. The minimum atomic E-state index is -4.26. The second-order valence-corrected chi connectivity index (χ2v) is 7.55. The Bertz CT molecular complexity index is 628. The van der Waals surface area contributed by atoms with Crippen molar-refractivity contribution in [1.29, 1.82) is 0 Å². The van der Waals surface area contributed by atoms with Crippen LogP contribution in [0.3, 0.4) is 0 Å². The van der Waals surface area contributed by atoms with E-state index in [1.165, 1.54) is 0 Å². The van der Waals surface area contributed by atoms with E-state index in [0.717, 1.165) is 31.4 Å². The van der Waals surface area contributed by atoms with Crippen molar-refractivity contribution in [3.63, 3.8) is 0 Å². The summed E-state index contributed by atoms with van der Waals surface area (Å²) in [5.41, 5.74) is -0.0625. The van der Waals surface area contributed by atoms with Gasteiger partial charge in [0.2, 0.25) is 0 Å². The molecule has 0 aliphatic heterocycles. The molecule has 19 heavy (non-hydrogen) atoms. The lowest BCUT2D eigenvalue weighted by Crippen LogP contribution is -2.25. The number of benzene rings is 1. The summed E-state index contributed by atoms with van der Waals surface area (Å²) in [7, 11) is 0.844. The largest absolute Gasteiger partial charge is 0.459 e. The highest BCUT2D eigenvalue weighted by molar-refractivity contribution is 9.10. The predicted octanol–water partition coefficient (Wildman–Crippen LogP) is 3.23. The van der Waals surface area contributed by atoms with Crippen molar-refractivity contribution in [2.75, 3.05) is 0 Å². The van der Waals surface area contributed by atoms with Crippen molar-refractivity contribution in [3.05, 3.63) is 28.0 Å². The zero-order valence-corrected chi connectivity index (χ0v) is 12.7. The third kappa shape index (κ3) is 3.27. The van der Waals surface area contributed by atoms with Gasteiger partial charge in [0.15, 0.2) is 0 Å². The Hall–Kier alpha value is -0.660. The molecule has 0 unspecified atom stereocenters. The fourth-order valence-electron chi connectivity index (χ4n) is 1.58. The average molecular weight is 372 g/mol. The number of esters is 1. The van der Waals surface area contributed by atoms with Crippen LogP contribution in [-0.4, -0.2) is 20.5 Å². The number of halogens is 3. The molecule has 0 spiro atoms. The van der Waals surface area contributed by atoms with Crippen LogP contribution in [0.25, 0.3) is 0 Å². The minimum absolute atomic E-state index is 0.0625. The molecule has 1 aromatic rings. The van der Waals surface area contributed by atoms with Gasteiger partial charge in [0.25, 0.3) is 9.05 Å². The standard InChI is InChI=1S/C11H9BrClFO4S/c12-8-5-9(14)10(19(13,16)17)4-7(8)11(15)18-6-2-1-3-6/h4-6H,1-3H2. The van der Waals surface area contributed by atoms with E-state index in [2.05, 4.69) is 15.9 Å². The van der Waals surface area contributed by atoms with Crippen LogP contribution in [0.15, 0.2) is 21.5 Å². The van der Waals surface area contributed by atoms with Crippen molar-refractivity contribution >= 4 is 41.6 Å². The molecular weight excluding hydrogens is 363 g/mol. The van der Waals surface area contributed by atoms with E-state index in [1.807, 2.05) is 0 Å². The summed E-state index contributed by atoms with van der Waals surface area (Å²) in [6.45, 7) is 0. The lowest BCUT2D eigenvalue weighted by Gasteiger charge is -2.25. The molecule has 1 aliphatic carbocycles. The maximum Gasteiger partial charge on any atom is 0.339 e. The quantitative estimate of drug-likeness (QED) is 0.604. The fourth-order valence-corrected chi connectivity index (χ4v) is 2.96. The lowest BCUT2D eigenvalue weighted by atomic mass is 9.96. The van der Waals surface area contributed by atoms with Gasteiger partial charge in [-0.15, -0.1) is 0 Å². The van der Waals surface area contributed by atoms with Gasteiger partial charge >= 0.3 is 5.97 Å². The number of carbonyl (C=O) groups excluding carboxylic acids is 1. The summed E-state index contributed by atoms with van der Waals surface area (Å²) >= 11 is 3.00. The van der Waals surface area contributed by atoms with Crippen molar-refractivity contribution in [2.24, 2.45) is 0 Å². The van der Waals surface area contributed by atoms with Crippen molar-refractivity contribution in [3.8, 4) is 0 Å². The van der Waals surface area contributed by atoms with Gasteiger partial charge in [0, 0.05) is 15.2 Å². The van der Waals surface area contributed by atoms with Crippen LogP contribution in [0.5, 0.6) is 0 Å². The van der Waals surface area contributed by atoms with Gasteiger partial charge in [0.05, 0.1) is 5.56 Å². The highest BCUT2D eigenvalue weighted by atomic mass is 79.9. The first-order chi connectivity index (χ1) is 8.79. The Balaban J connectivity index is 2.36. The third-order valence-corrected chi connectivity index (χ3v) is 4.82. The highest BCUT2D eigenvalue weighted by Crippen LogP contribution is 2.29. The molecule has 0 aromatic heterocycles. The van der Waals surface area contributed by atoms with Crippen molar-refractivity contribution in [1.82, 2.24) is 0 Å². The zero-order valence-electron chi connectivity index (χ0n) is 9.53. The van der Waals surface area contributed by atoms with Crippen LogP contribution in [0.4, 0.5) is 4.39 Å². The van der Waals surface area contributed by atoms with Crippen LogP contribution in [0.2, 0.25) is 0 Å². The smallest absolute Gasteiger partial charge is 0.339 e. The molecule has 1 fully saturated rings. The number of rotatable bonds is 3. The molecule has 0 amide bonds. The van der Waals surface area contributed by atoms with E-state index in [-0.39, 0.29) is 16.1 Å². The number of hydrogen-bond acceptors (Lipinski definition) is 4. The van der Waals surface area contributed by atoms with Gasteiger partial charge < -0.3 is 4.74 Å². The van der Waals surface area contributed by atoms with Gasteiger partial charge in [-0.3, -0.25) is 0 Å². The van der Waals surface area contributed by atoms with E-state index in [1.54, 1.807) is 0 Å². The highest BCUT2D eigenvalue weighted by Gasteiger charge is 2.26. The molecule has 8 heteroatoms. The van der Waals surface area contributed by atoms with Crippen molar-refractivity contribution in [2.45, 2.75) is 30.3 Å². The van der Waals surface area contributed by atoms with Crippen LogP contribution < -0.4 is 0 Å². The Labute approximate surface area is 122 Å². The Kier molecular flexibility index (Phi) is 4.17. The third-order valence-electron chi connectivity index (χ3n) is 2.83. The van der Waals surface area contributed by atoms with Gasteiger partial charge in [-0.1, -0.05) is 0 Å². The maximum atomic E-state index is 13.5. The second kappa shape index (κ2) is 5.38. The molecule has 0 saturated heterocycles. The SMILES string of the molecule is O=C(OC1CCC1)c1cc(S(=O)(=O)Cl)c(F)cc1Br. The summed E-state index contributed by atoms with van der Waals surface area (Å²) in [6, 6.07) is 1.76. The maximum absolute atomic E-state index is 13.5. The first kappa shape index (κ1) is 14.7. The van der Waals surface area contributed by atoms with E-state index in [9.17, 15) is 17.6 Å². The predicted molar refractivity (Wildman–Crippen MR) is 70.2 cm³/mol. The molecule has 0 radical (unpaired) electrons. The van der Waals surface area contributed by atoms with E-state index < -0.39 is 25.7 Å². The molecule has 104 valence electrons. The molecular formula is C11H9BrClFO4S. The summed E-state index contributed by atoms with van der Waals surface area (Å²) in [4.78, 5) is 11.1. The Morgan fingerprint density at radius 2 is 2.05 bits per heavy atom. The van der Waals surface area contributed by atoms with Crippen LogP contribution in [0.1, 0.15) is 29.6 Å². The van der Waals surface area contributed by atoms with Crippen LogP contribution in [0, 0.1) is 5.82 Å². The van der Waals surface area contributed by atoms with Gasteiger partial charge in [-0.25, -0.2) is 17.6 Å². The summed E-state index contributed by atoms with van der Waals surface area (Å²) in [6.07, 6.45) is 2.40. The van der Waals surface area contributed by atoms with Crippen LogP contribution in [-0.2, 0) is 13.8 Å². The zero-order chi connectivity index (χ0) is 14.2. The molecule has 1 saturated carbocycles. The topological polar surface area (TPSA) is 60.4 Å². The Morgan fingerprint density at radius 1 is 1.42 bits per heavy atom. The molecule has 0 bridgehead atoms. The van der Waals surface area contributed by atoms with Gasteiger partial charge in [-0.05, 0) is 47.3 Å².